The molecule has 142 valence electrons. The fourth-order valence-electron chi connectivity index (χ4n) is 3.46. The van der Waals surface area contributed by atoms with Gasteiger partial charge in [0.05, 0.1) is 17.7 Å². The van der Waals surface area contributed by atoms with Crippen molar-refractivity contribution in [1.29, 1.82) is 0 Å². The Morgan fingerprint density at radius 3 is 1.63 bits per heavy atom. The van der Waals surface area contributed by atoms with E-state index in [0.717, 1.165) is 17.0 Å². The van der Waals surface area contributed by atoms with Gasteiger partial charge in [0.1, 0.15) is 10.6 Å². The van der Waals surface area contributed by atoms with E-state index in [0.29, 0.717) is 6.54 Å². The molecule has 3 rings (SSSR count). The van der Waals surface area contributed by atoms with Gasteiger partial charge in [-0.15, -0.1) is 0 Å². The van der Waals surface area contributed by atoms with Crippen LogP contribution in [0, 0.1) is 0 Å². The van der Waals surface area contributed by atoms with Crippen LogP contribution in [0.25, 0.3) is 0 Å². The molecule has 2 aromatic rings. The van der Waals surface area contributed by atoms with E-state index in [4.69, 9.17) is 9.31 Å². The fourth-order valence-corrected chi connectivity index (χ4v) is 7.76. The molecule has 1 amide bonds. The van der Waals surface area contributed by atoms with Gasteiger partial charge in [0, 0.05) is 0 Å². The van der Waals surface area contributed by atoms with E-state index in [1.807, 2.05) is 48.0 Å². The third kappa shape index (κ3) is 3.22. The van der Waals surface area contributed by atoms with Gasteiger partial charge in [-0.25, -0.2) is 4.67 Å². The summed E-state index contributed by atoms with van der Waals surface area (Å²) in [6, 6.07) is 20.3. The van der Waals surface area contributed by atoms with Gasteiger partial charge < -0.3 is 9.31 Å². The Balaban J connectivity index is 2.30. The normalized spacial score (nSPS) is 18.3. The molecule has 0 N–H and O–H groups in total. The highest BCUT2D eigenvalue weighted by atomic mass is 31.2. The zero-order valence-electron chi connectivity index (χ0n) is 16.8. The predicted octanol–water partition coefficient (Wildman–Crippen LogP) is 3.64. The molecule has 0 bridgehead atoms. The first-order valence-corrected chi connectivity index (χ1v) is 11.2. The van der Waals surface area contributed by atoms with E-state index >= 15 is 0 Å². The van der Waals surface area contributed by atoms with Gasteiger partial charge in [-0.05, 0) is 58.9 Å². The molecular formula is C21H28BNO3P+. The highest BCUT2D eigenvalue weighted by Gasteiger charge is 2.71. The molecule has 1 saturated heterocycles. The average molecular weight is 384 g/mol. The third-order valence-corrected chi connectivity index (χ3v) is 9.88. The van der Waals surface area contributed by atoms with Crippen molar-refractivity contribution in [3.8, 4) is 0 Å². The quantitative estimate of drug-likeness (QED) is 0.434. The summed E-state index contributed by atoms with van der Waals surface area (Å²) in [6.07, 6.45) is 0.943. The highest BCUT2D eigenvalue weighted by molar-refractivity contribution is 8.11. The second-order valence-corrected chi connectivity index (χ2v) is 11.1. The number of carbonyl (C=O) groups excluding carboxylic acids is 1. The first kappa shape index (κ1) is 20.1. The molecule has 6 heteroatoms. The van der Waals surface area contributed by atoms with E-state index in [1.165, 1.54) is 0 Å². The maximum atomic E-state index is 12.3. The number of benzene rings is 2. The van der Waals surface area contributed by atoms with Gasteiger partial charge in [0.2, 0.25) is 6.41 Å². The van der Waals surface area contributed by atoms with Gasteiger partial charge in [-0.2, -0.15) is 0 Å². The third-order valence-electron chi connectivity index (χ3n) is 5.70. The van der Waals surface area contributed by atoms with Crippen LogP contribution in [0.2, 0.25) is 0 Å². The van der Waals surface area contributed by atoms with Crippen LogP contribution in [-0.2, 0) is 14.1 Å². The van der Waals surface area contributed by atoms with Crippen LogP contribution in [0.4, 0.5) is 0 Å². The molecule has 1 fully saturated rings. The lowest BCUT2D eigenvalue weighted by atomic mass is 9.90. The van der Waals surface area contributed by atoms with Gasteiger partial charge in [0.25, 0.3) is 0 Å². The minimum absolute atomic E-state index is 0.477. The number of carbonyl (C=O) groups is 1. The maximum Gasteiger partial charge on any atom is 0.705 e. The maximum absolute atomic E-state index is 12.3. The van der Waals surface area contributed by atoms with Crippen LogP contribution in [0.1, 0.15) is 34.6 Å². The standard InChI is InChI=1S/C21H28BNO3P/c1-6-23(17-24)27(18-13-9-7-10-14-18,19-15-11-8-12-16-19)22-25-20(2,3)21(4,5)26-22/h7-17H,6H2,1-5H3/q+1. The Morgan fingerprint density at radius 2 is 1.30 bits per heavy atom. The molecule has 0 unspecified atom stereocenters. The molecule has 0 spiro atoms. The molecule has 1 aliphatic heterocycles. The van der Waals surface area contributed by atoms with E-state index in [2.05, 4.69) is 52.0 Å². The Hall–Kier alpha value is -1.68. The molecule has 0 radical (unpaired) electrons. The Kier molecular flexibility index (Phi) is 5.49. The van der Waals surface area contributed by atoms with Crippen molar-refractivity contribution in [2.24, 2.45) is 0 Å². The SMILES string of the molecule is CCN(C=O)[P+](B1OC(C)(C)C(C)(C)O1)(c1ccccc1)c1ccccc1. The molecule has 0 saturated carbocycles. The lowest BCUT2D eigenvalue weighted by molar-refractivity contribution is -0.113. The lowest BCUT2D eigenvalue weighted by Crippen LogP contribution is -2.46. The van der Waals surface area contributed by atoms with Gasteiger partial charge in [-0.1, -0.05) is 36.4 Å². The summed E-state index contributed by atoms with van der Waals surface area (Å²) >= 11 is 0. The monoisotopic (exact) mass is 384 g/mol. The second-order valence-electron chi connectivity index (χ2n) is 7.78. The molecule has 1 aliphatic rings. The number of hydrogen-bond donors (Lipinski definition) is 0. The van der Waals surface area contributed by atoms with Crippen molar-refractivity contribution in [3.63, 3.8) is 0 Å². The summed E-state index contributed by atoms with van der Waals surface area (Å²) in [6.45, 7) is 10.2. The van der Waals surface area contributed by atoms with Crippen LogP contribution >= 0.6 is 7.29 Å². The fraction of sp³-hybridized carbons (Fsp3) is 0.381. The molecular weight excluding hydrogens is 356 g/mol. The summed E-state index contributed by atoms with van der Waals surface area (Å²) in [4.78, 5) is 12.3. The Bertz CT molecular complexity index is 727. The number of rotatable bonds is 6. The Labute approximate surface area is 163 Å². The van der Waals surface area contributed by atoms with Gasteiger partial charge in [-0.3, -0.25) is 4.79 Å². The molecule has 4 nitrogen and oxygen atoms in total. The first-order chi connectivity index (χ1) is 12.8. The molecule has 2 aromatic carbocycles. The minimum atomic E-state index is -2.50. The van der Waals surface area contributed by atoms with Crippen molar-refractivity contribution in [2.45, 2.75) is 45.8 Å². The summed E-state index contributed by atoms with van der Waals surface area (Å²) < 4.78 is 15.0. The number of nitrogens with zero attached hydrogens (tertiary/aromatic N) is 1. The molecule has 27 heavy (non-hydrogen) atoms. The van der Waals surface area contributed by atoms with Crippen LogP contribution < -0.4 is 10.6 Å². The van der Waals surface area contributed by atoms with Gasteiger partial charge in [0.15, 0.2) is 7.29 Å². The van der Waals surface area contributed by atoms with Crippen molar-refractivity contribution < 1.29 is 14.1 Å². The summed E-state index contributed by atoms with van der Waals surface area (Å²) in [5, 5.41) is 2.15. The Morgan fingerprint density at radius 1 is 0.889 bits per heavy atom. The lowest BCUT2D eigenvalue weighted by Gasteiger charge is -2.34. The smallest absolute Gasteiger partial charge is 0.365 e. The van der Waals surface area contributed by atoms with Crippen LogP contribution in [0.5, 0.6) is 0 Å². The minimum Gasteiger partial charge on any atom is -0.365 e. The van der Waals surface area contributed by atoms with E-state index in [-0.39, 0.29) is 0 Å². The van der Waals surface area contributed by atoms with Crippen molar-refractivity contribution in [3.05, 3.63) is 60.7 Å². The van der Waals surface area contributed by atoms with Crippen molar-refractivity contribution in [2.75, 3.05) is 6.54 Å². The van der Waals surface area contributed by atoms with Crippen LogP contribution in [0.3, 0.4) is 0 Å². The van der Waals surface area contributed by atoms with E-state index < -0.39 is 25.3 Å². The van der Waals surface area contributed by atoms with Crippen molar-refractivity contribution >= 4 is 31.1 Å². The molecule has 0 aromatic heterocycles. The number of hydrogen-bond acceptors (Lipinski definition) is 3. The van der Waals surface area contributed by atoms with Crippen molar-refractivity contribution in [1.82, 2.24) is 4.67 Å². The molecule has 1 heterocycles. The highest BCUT2D eigenvalue weighted by Crippen LogP contribution is 2.65. The molecule has 0 aliphatic carbocycles. The number of amides is 1. The summed E-state index contributed by atoms with van der Waals surface area (Å²) in [5.41, 5.74) is -0.955. The zero-order chi connectivity index (χ0) is 19.7. The van der Waals surface area contributed by atoms with Crippen LogP contribution in [-0.4, -0.2) is 35.7 Å². The largest absolute Gasteiger partial charge is 0.705 e. The predicted molar refractivity (Wildman–Crippen MR) is 114 cm³/mol. The second kappa shape index (κ2) is 7.39. The first-order valence-electron chi connectivity index (χ1n) is 9.37. The average Bonchev–Trinajstić information content (AvgIpc) is 2.88. The summed E-state index contributed by atoms with van der Waals surface area (Å²) in [5.74, 6) is 0. The zero-order valence-corrected chi connectivity index (χ0v) is 17.6. The topological polar surface area (TPSA) is 38.8 Å². The van der Waals surface area contributed by atoms with Gasteiger partial charge >= 0.3 is 6.84 Å². The summed E-state index contributed by atoms with van der Waals surface area (Å²) in [7, 11) is -2.50. The van der Waals surface area contributed by atoms with E-state index in [9.17, 15) is 4.79 Å². The van der Waals surface area contributed by atoms with Crippen LogP contribution in [0.15, 0.2) is 60.7 Å². The van der Waals surface area contributed by atoms with E-state index in [1.54, 1.807) is 0 Å². The molecule has 0 atom stereocenters.